The summed E-state index contributed by atoms with van der Waals surface area (Å²) in [5, 5.41) is 3.57. The number of nitrogens with one attached hydrogen (secondary N) is 1. The minimum Gasteiger partial charge on any atom is -0.462 e. The smallest absolute Gasteiger partial charge is 0.459 e. The summed E-state index contributed by atoms with van der Waals surface area (Å²) in [7, 11) is -3.95. The second-order valence-corrected chi connectivity index (χ2v) is 9.91. The molecular weight excluding hydrogens is 469 g/mol. The van der Waals surface area contributed by atoms with Crippen molar-refractivity contribution in [2.24, 2.45) is 0 Å². The Bertz CT molecular complexity index is 1380. The van der Waals surface area contributed by atoms with Crippen LogP contribution in [-0.2, 0) is 25.2 Å². The SMILES string of the molecule is CC(C)OC(=O)[C@H](C)N[P@](=O)(OCCn1cnc2c(N)nc3ccccc3c21)Oc1ccccc1. The van der Waals surface area contributed by atoms with E-state index in [2.05, 4.69) is 15.1 Å². The van der Waals surface area contributed by atoms with Gasteiger partial charge in [0.2, 0.25) is 0 Å². The molecule has 2 aromatic carbocycles. The Labute approximate surface area is 203 Å². The number of nitrogens with zero attached hydrogens (tertiary/aromatic N) is 3. The molecule has 0 amide bonds. The molecule has 0 aliphatic carbocycles. The van der Waals surface area contributed by atoms with Gasteiger partial charge in [-0.25, -0.2) is 14.5 Å². The number of nitrogens with two attached hydrogens (primary N) is 1. The van der Waals surface area contributed by atoms with Gasteiger partial charge in [-0.15, -0.1) is 0 Å². The van der Waals surface area contributed by atoms with Crippen LogP contribution in [0.4, 0.5) is 5.82 Å². The maximum Gasteiger partial charge on any atom is 0.459 e. The van der Waals surface area contributed by atoms with E-state index in [0.29, 0.717) is 23.6 Å². The van der Waals surface area contributed by atoms with Gasteiger partial charge in [0.1, 0.15) is 17.3 Å². The summed E-state index contributed by atoms with van der Waals surface area (Å²) in [5.41, 5.74) is 8.23. The van der Waals surface area contributed by atoms with Gasteiger partial charge in [0.15, 0.2) is 5.82 Å². The van der Waals surface area contributed by atoms with Crippen LogP contribution in [0.1, 0.15) is 20.8 Å². The zero-order chi connectivity index (χ0) is 25.0. The van der Waals surface area contributed by atoms with E-state index < -0.39 is 19.8 Å². The highest BCUT2D eigenvalue weighted by Gasteiger charge is 2.32. The second-order valence-electron chi connectivity index (χ2n) is 8.22. The van der Waals surface area contributed by atoms with Crippen molar-refractivity contribution in [2.75, 3.05) is 12.3 Å². The fourth-order valence-corrected chi connectivity index (χ4v) is 5.05. The fraction of sp³-hybridized carbons (Fsp3) is 0.292. The third-order valence-electron chi connectivity index (χ3n) is 5.10. The van der Waals surface area contributed by atoms with E-state index in [-0.39, 0.29) is 12.7 Å². The highest BCUT2D eigenvalue weighted by Crippen LogP contribution is 2.45. The van der Waals surface area contributed by atoms with Crippen LogP contribution in [-0.4, -0.2) is 39.3 Å². The molecule has 10 nitrogen and oxygen atoms in total. The van der Waals surface area contributed by atoms with Crippen LogP contribution in [0, 0.1) is 0 Å². The predicted molar refractivity (Wildman–Crippen MR) is 134 cm³/mol. The molecule has 0 unspecified atom stereocenters. The molecule has 184 valence electrons. The Hall–Kier alpha value is -3.46. The molecule has 0 bridgehead atoms. The predicted octanol–water partition coefficient (Wildman–Crippen LogP) is 4.30. The van der Waals surface area contributed by atoms with Crippen LogP contribution in [0.15, 0.2) is 60.9 Å². The first-order valence-corrected chi connectivity index (χ1v) is 12.8. The monoisotopic (exact) mass is 497 g/mol. The minimum atomic E-state index is -3.95. The van der Waals surface area contributed by atoms with Gasteiger partial charge in [0, 0.05) is 11.9 Å². The Morgan fingerprint density at radius 2 is 1.83 bits per heavy atom. The first-order chi connectivity index (χ1) is 16.8. The second kappa shape index (κ2) is 10.4. The maximum atomic E-state index is 13.6. The molecule has 11 heteroatoms. The van der Waals surface area contributed by atoms with Crippen molar-refractivity contribution >= 4 is 41.5 Å². The molecule has 0 saturated carbocycles. The van der Waals surface area contributed by atoms with Crippen LogP contribution in [0.2, 0.25) is 0 Å². The van der Waals surface area contributed by atoms with Gasteiger partial charge < -0.3 is 19.6 Å². The van der Waals surface area contributed by atoms with Crippen molar-refractivity contribution in [3.8, 4) is 5.75 Å². The number of esters is 1. The summed E-state index contributed by atoms with van der Waals surface area (Å²) in [5.74, 6) is 0.108. The lowest BCUT2D eigenvalue weighted by Crippen LogP contribution is -2.36. The molecule has 0 spiro atoms. The number of ether oxygens (including phenoxy) is 1. The lowest BCUT2D eigenvalue weighted by Gasteiger charge is -2.23. The van der Waals surface area contributed by atoms with Crippen LogP contribution in [0.25, 0.3) is 21.9 Å². The molecule has 4 rings (SSSR count). The minimum absolute atomic E-state index is 0.00503. The number of rotatable bonds is 10. The molecule has 0 aliphatic rings. The Kier molecular flexibility index (Phi) is 7.35. The van der Waals surface area contributed by atoms with Gasteiger partial charge >= 0.3 is 13.7 Å². The van der Waals surface area contributed by atoms with E-state index in [9.17, 15) is 9.36 Å². The molecule has 4 aromatic rings. The molecule has 0 fully saturated rings. The largest absolute Gasteiger partial charge is 0.462 e. The summed E-state index contributed by atoms with van der Waals surface area (Å²) in [6.07, 6.45) is 1.32. The van der Waals surface area contributed by atoms with Crippen LogP contribution >= 0.6 is 7.75 Å². The van der Waals surface area contributed by atoms with E-state index in [4.69, 9.17) is 19.5 Å². The number of fused-ring (bicyclic) bond motifs is 3. The summed E-state index contributed by atoms with van der Waals surface area (Å²) in [4.78, 5) is 21.1. The van der Waals surface area contributed by atoms with Crippen molar-refractivity contribution in [1.82, 2.24) is 19.6 Å². The number of carbonyl (C=O) groups is 1. The molecule has 0 radical (unpaired) electrons. The molecule has 3 N–H and O–H groups in total. The summed E-state index contributed by atoms with van der Waals surface area (Å²) in [6, 6.07) is 15.3. The first-order valence-electron chi connectivity index (χ1n) is 11.2. The molecule has 0 saturated heterocycles. The van der Waals surface area contributed by atoms with E-state index in [0.717, 1.165) is 16.4 Å². The fourth-order valence-electron chi connectivity index (χ4n) is 3.57. The average Bonchev–Trinajstić information content (AvgIpc) is 3.24. The quantitative estimate of drug-likeness (QED) is 0.243. The van der Waals surface area contributed by atoms with Crippen LogP contribution in [0.3, 0.4) is 0 Å². The number of imidazole rings is 1. The number of hydrogen-bond acceptors (Lipinski definition) is 8. The Morgan fingerprint density at radius 1 is 1.11 bits per heavy atom. The van der Waals surface area contributed by atoms with Gasteiger partial charge in [-0.1, -0.05) is 36.4 Å². The number of hydrogen-bond donors (Lipinski definition) is 2. The number of para-hydroxylation sites is 2. The van der Waals surface area contributed by atoms with Gasteiger partial charge in [0.25, 0.3) is 0 Å². The van der Waals surface area contributed by atoms with Crippen molar-refractivity contribution in [2.45, 2.75) is 39.5 Å². The Morgan fingerprint density at radius 3 is 2.57 bits per heavy atom. The van der Waals surface area contributed by atoms with Crippen LogP contribution in [0.5, 0.6) is 5.75 Å². The molecule has 35 heavy (non-hydrogen) atoms. The van der Waals surface area contributed by atoms with E-state index in [1.807, 2.05) is 34.9 Å². The van der Waals surface area contributed by atoms with Crippen molar-refractivity contribution in [3.05, 3.63) is 60.9 Å². The average molecular weight is 497 g/mol. The number of benzene rings is 2. The van der Waals surface area contributed by atoms with E-state index in [1.54, 1.807) is 51.4 Å². The Balaban J connectivity index is 1.54. The number of aromatic nitrogens is 3. The van der Waals surface area contributed by atoms with Crippen molar-refractivity contribution < 1.29 is 23.1 Å². The van der Waals surface area contributed by atoms with E-state index in [1.165, 1.54) is 0 Å². The number of anilines is 1. The van der Waals surface area contributed by atoms with Gasteiger partial charge in [0.05, 0.1) is 30.1 Å². The number of nitrogen functional groups attached to an aromatic ring is 1. The summed E-state index contributed by atoms with van der Waals surface area (Å²) in [6.45, 7) is 5.33. The number of carbonyl (C=O) groups excluding carboxylic acids is 1. The topological polar surface area (TPSA) is 131 Å². The molecule has 2 aromatic heterocycles. The lowest BCUT2D eigenvalue weighted by atomic mass is 10.2. The zero-order valence-corrected chi connectivity index (χ0v) is 20.6. The van der Waals surface area contributed by atoms with Gasteiger partial charge in [-0.05, 0) is 39.0 Å². The molecule has 0 aliphatic heterocycles. The van der Waals surface area contributed by atoms with Crippen molar-refractivity contribution in [1.29, 1.82) is 0 Å². The van der Waals surface area contributed by atoms with Gasteiger partial charge in [-0.2, -0.15) is 5.09 Å². The standard InChI is InChI=1S/C24H28N5O5P/c1-16(2)33-24(30)17(3)28-35(31,34-18-9-5-4-6-10-18)32-14-13-29-15-26-21-22(29)19-11-7-8-12-20(19)27-23(21)25/h4-12,15-17H,13-14H2,1-3H3,(H2,25,27)(H,28,31)/t17-,35-/m0/s1. The molecular formula is C24H28N5O5P. The normalized spacial score (nSPS) is 14.2. The first kappa shape index (κ1) is 24.7. The van der Waals surface area contributed by atoms with Gasteiger partial charge in [-0.3, -0.25) is 9.32 Å². The molecule has 2 atom stereocenters. The van der Waals surface area contributed by atoms with Crippen molar-refractivity contribution in [3.63, 3.8) is 0 Å². The van der Waals surface area contributed by atoms with Crippen LogP contribution < -0.4 is 15.3 Å². The highest BCUT2D eigenvalue weighted by molar-refractivity contribution is 7.52. The number of pyridine rings is 1. The maximum absolute atomic E-state index is 13.6. The third kappa shape index (κ3) is 5.79. The summed E-state index contributed by atoms with van der Waals surface area (Å²) < 4.78 is 32.1. The lowest BCUT2D eigenvalue weighted by molar-refractivity contribution is -0.149. The third-order valence-corrected chi connectivity index (χ3v) is 6.78. The molecule has 2 heterocycles. The summed E-state index contributed by atoms with van der Waals surface area (Å²) >= 11 is 0. The zero-order valence-electron chi connectivity index (χ0n) is 19.7. The highest BCUT2D eigenvalue weighted by atomic mass is 31.2. The van der Waals surface area contributed by atoms with E-state index >= 15 is 0 Å².